The molecular weight excluding hydrogens is 706 g/mol. The Morgan fingerprint density at radius 2 is 1.10 bits per heavy atom. The Balaban J connectivity index is 1.55. The van der Waals surface area contributed by atoms with Gasteiger partial charge in [-0.15, -0.1) is 0 Å². The van der Waals surface area contributed by atoms with Crippen molar-refractivity contribution in [1.82, 2.24) is 10.6 Å². The minimum absolute atomic E-state index is 0.0480. The summed E-state index contributed by atoms with van der Waals surface area (Å²) in [7, 11) is 0. The monoisotopic (exact) mass is 759 g/mol. The molecule has 302 valence electrons. The topological polar surface area (TPSA) is 359 Å². The van der Waals surface area contributed by atoms with Gasteiger partial charge in [0.25, 0.3) is 0 Å². The molecule has 3 aliphatic rings. The second kappa shape index (κ2) is 21.7. The Kier molecular flexibility index (Phi) is 18.5. The lowest BCUT2D eigenvalue weighted by atomic mass is 9.96. The highest BCUT2D eigenvalue weighted by Gasteiger charge is 2.52. The predicted octanol–water partition coefficient (Wildman–Crippen LogP) is -7.49. The first-order chi connectivity index (χ1) is 24.7. The number of carbonyl (C=O) groups is 3. The summed E-state index contributed by atoms with van der Waals surface area (Å²) >= 11 is 0. The fraction of sp³-hybridized carbons (Fsp3) is 0.900. The van der Waals surface area contributed by atoms with Crippen LogP contribution >= 0.6 is 0 Å². The van der Waals surface area contributed by atoms with Gasteiger partial charge >= 0.3 is 0 Å². The van der Waals surface area contributed by atoms with Crippen LogP contribution < -0.4 is 16.4 Å². The second-order valence-electron chi connectivity index (χ2n) is 12.7. The van der Waals surface area contributed by atoms with Crippen LogP contribution in [0.5, 0.6) is 0 Å². The molecule has 0 aromatic carbocycles. The maximum Gasteiger partial charge on any atom is 0.240 e. The van der Waals surface area contributed by atoms with Gasteiger partial charge in [-0.05, 0) is 12.8 Å². The smallest absolute Gasteiger partial charge is 0.240 e. The molecule has 0 aliphatic carbocycles. The highest BCUT2D eigenvalue weighted by molar-refractivity contribution is 5.95. The average molecular weight is 760 g/mol. The molecule has 22 heteroatoms. The summed E-state index contributed by atoms with van der Waals surface area (Å²) in [5.74, 6) is -1.30. The molecular formula is C30H53N3O19. The number of rotatable bonds is 19. The van der Waals surface area contributed by atoms with Crippen molar-refractivity contribution in [2.45, 2.75) is 131 Å². The summed E-state index contributed by atoms with van der Waals surface area (Å²) in [6.45, 7) is -2.71. The van der Waals surface area contributed by atoms with E-state index in [0.29, 0.717) is 25.7 Å². The van der Waals surface area contributed by atoms with Gasteiger partial charge in [0.05, 0.1) is 33.0 Å². The molecule has 15 atom stereocenters. The Bertz CT molecular complexity index is 1110. The van der Waals surface area contributed by atoms with Crippen LogP contribution in [0.15, 0.2) is 0 Å². The van der Waals surface area contributed by atoms with Gasteiger partial charge in [0.1, 0.15) is 73.2 Å². The van der Waals surface area contributed by atoms with Gasteiger partial charge in [0.15, 0.2) is 18.9 Å². The van der Waals surface area contributed by atoms with E-state index in [1.165, 1.54) is 0 Å². The number of nitrogens with two attached hydrogens (primary N) is 1. The summed E-state index contributed by atoms with van der Waals surface area (Å²) in [6.07, 6.45) is -22.5. The van der Waals surface area contributed by atoms with Crippen LogP contribution in [-0.2, 0) is 42.8 Å². The van der Waals surface area contributed by atoms with Crippen molar-refractivity contribution in [3.05, 3.63) is 0 Å². The van der Waals surface area contributed by atoms with Crippen molar-refractivity contribution in [3.63, 3.8) is 0 Å². The van der Waals surface area contributed by atoms with Crippen LogP contribution in [0.4, 0.5) is 0 Å². The lowest BCUT2D eigenvalue weighted by molar-refractivity contribution is -0.366. The van der Waals surface area contributed by atoms with Crippen LogP contribution in [0, 0.1) is 0 Å². The standard InChI is InChI=1S/C30H53N3O19/c31-9-18(38)33-17(37)6-4-2-1-3-5-16(36)32-7-8-47-29-26(46)27(52-30-25(45)23(43)20(40)14(11-35)50-30)21(41)15(51-29)12-48-28-24(44)22(42)19(39)13(10-34)49-28/h13-15,19-30,34-35,39-46H,1-12,31H2,(H,32,36)(H,33,37,38)/t13-,14-,15-,19-,20-,21-,22+,23+,24+,25+,26+,27+,28+,29+,30-/m1/s1. The van der Waals surface area contributed by atoms with Crippen LogP contribution in [0.1, 0.15) is 38.5 Å². The highest BCUT2D eigenvalue weighted by Crippen LogP contribution is 2.31. The van der Waals surface area contributed by atoms with E-state index in [-0.39, 0.29) is 38.4 Å². The first-order valence-electron chi connectivity index (χ1n) is 17.0. The van der Waals surface area contributed by atoms with Crippen molar-refractivity contribution in [2.75, 3.05) is 39.5 Å². The number of carbonyl (C=O) groups excluding carboxylic acids is 3. The number of nitrogens with one attached hydrogen (secondary N) is 2. The van der Waals surface area contributed by atoms with E-state index >= 15 is 0 Å². The first kappa shape index (κ1) is 44.3. The van der Waals surface area contributed by atoms with Gasteiger partial charge in [-0.3, -0.25) is 19.7 Å². The summed E-state index contributed by atoms with van der Waals surface area (Å²) in [5.41, 5.74) is 5.14. The van der Waals surface area contributed by atoms with E-state index in [2.05, 4.69) is 10.6 Å². The van der Waals surface area contributed by atoms with E-state index in [9.17, 15) is 65.4 Å². The maximum absolute atomic E-state index is 12.3. The summed E-state index contributed by atoms with van der Waals surface area (Å²) in [4.78, 5) is 35.0. The minimum atomic E-state index is -1.90. The predicted molar refractivity (Wildman–Crippen MR) is 168 cm³/mol. The molecule has 0 spiro atoms. The zero-order chi connectivity index (χ0) is 38.5. The number of aliphatic hydroxyl groups excluding tert-OH is 10. The molecule has 3 amide bonds. The van der Waals surface area contributed by atoms with E-state index < -0.39 is 124 Å². The minimum Gasteiger partial charge on any atom is -0.394 e. The number of unbranched alkanes of at least 4 members (excludes halogenated alkanes) is 3. The Morgan fingerprint density at radius 3 is 1.67 bits per heavy atom. The van der Waals surface area contributed by atoms with Crippen molar-refractivity contribution in [1.29, 1.82) is 0 Å². The molecule has 3 rings (SSSR count). The summed E-state index contributed by atoms with van der Waals surface area (Å²) in [5, 5.41) is 107. The number of amides is 3. The van der Waals surface area contributed by atoms with Crippen LogP contribution in [-0.4, -0.2) is 200 Å². The van der Waals surface area contributed by atoms with Crippen molar-refractivity contribution >= 4 is 17.7 Å². The number of hydrogen-bond donors (Lipinski definition) is 13. The molecule has 22 nitrogen and oxygen atoms in total. The van der Waals surface area contributed by atoms with E-state index in [0.717, 1.165) is 0 Å². The Labute approximate surface area is 298 Å². The zero-order valence-electron chi connectivity index (χ0n) is 28.4. The average Bonchev–Trinajstić information content (AvgIpc) is 3.13. The molecule has 0 radical (unpaired) electrons. The number of hydrogen-bond acceptors (Lipinski definition) is 20. The molecule has 0 saturated carbocycles. The molecule has 0 unspecified atom stereocenters. The first-order valence-corrected chi connectivity index (χ1v) is 17.0. The number of imide groups is 1. The lowest BCUT2D eigenvalue weighted by Crippen LogP contribution is -2.65. The summed E-state index contributed by atoms with van der Waals surface area (Å²) in [6, 6.07) is 0. The van der Waals surface area contributed by atoms with Gasteiger partial charge in [0.2, 0.25) is 17.7 Å². The largest absolute Gasteiger partial charge is 0.394 e. The number of ether oxygens (including phenoxy) is 6. The van der Waals surface area contributed by atoms with Gasteiger partial charge in [-0.1, -0.05) is 12.8 Å². The Hall–Kier alpha value is -2.07. The van der Waals surface area contributed by atoms with E-state index in [1.807, 2.05) is 0 Å². The third-order valence-corrected chi connectivity index (χ3v) is 8.78. The van der Waals surface area contributed by atoms with Gasteiger partial charge in [-0.25, -0.2) is 0 Å². The normalized spacial score (nSPS) is 38.1. The lowest BCUT2D eigenvalue weighted by Gasteiger charge is -2.46. The van der Waals surface area contributed by atoms with Crippen molar-refractivity contribution < 1.29 is 93.9 Å². The molecule has 3 saturated heterocycles. The molecule has 14 N–H and O–H groups in total. The molecule has 0 bridgehead atoms. The fourth-order valence-electron chi connectivity index (χ4n) is 5.72. The molecule has 52 heavy (non-hydrogen) atoms. The highest BCUT2D eigenvalue weighted by atomic mass is 16.7. The van der Waals surface area contributed by atoms with Gasteiger partial charge < -0.3 is 90.5 Å². The van der Waals surface area contributed by atoms with Crippen molar-refractivity contribution in [3.8, 4) is 0 Å². The number of aliphatic hydroxyl groups is 10. The third kappa shape index (κ3) is 12.2. The third-order valence-electron chi connectivity index (χ3n) is 8.78. The fourth-order valence-corrected chi connectivity index (χ4v) is 5.72. The van der Waals surface area contributed by atoms with Crippen molar-refractivity contribution in [2.24, 2.45) is 5.73 Å². The second-order valence-corrected chi connectivity index (χ2v) is 12.7. The Morgan fingerprint density at radius 1 is 0.577 bits per heavy atom. The molecule has 3 fully saturated rings. The van der Waals surface area contributed by atoms with Crippen LogP contribution in [0.25, 0.3) is 0 Å². The van der Waals surface area contributed by atoms with Gasteiger partial charge in [-0.2, -0.15) is 0 Å². The zero-order valence-corrected chi connectivity index (χ0v) is 28.4. The summed E-state index contributed by atoms with van der Waals surface area (Å²) < 4.78 is 33.1. The molecule has 0 aromatic rings. The van der Waals surface area contributed by atoms with Crippen LogP contribution in [0.2, 0.25) is 0 Å². The molecule has 3 heterocycles. The molecule has 3 aliphatic heterocycles. The van der Waals surface area contributed by atoms with Crippen LogP contribution in [0.3, 0.4) is 0 Å². The quantitative estimate of drug-likeness (QED) is 0.0544. The van der Waals surface area contributed by atoms with E-state index in [1.54, 1.807) is 0 Å². The van der Waals surface area contributed by atoms with Gasteiger partial charge in [0, 0.05) is 19.4 Å². The molecule has 0 aromatic heterocycles. The maximum atomic E-state index is 12.3. The SMILES string of the molecule is NCC(=O)NC(=O)CCCCCCC(=O)NCCO[C@H]1O[C@H](CO[C@H]2O[C@H](CO)[C@@H](O)[C@H](O)[C@@H]2O)[C@@H](O)[C@H](O[C@H]2O[C@H](CO)[C@@H](O)[C@H](O)[C@@H]2O)[C@@H]1O. The van der Waals surface area contributed by atoms with E-state index in [4.69, 9.17) is 34.2 Å².